The monoisotopic (exact) mass is 434 g/mol. The average molecular weight is 435 g/mol. The minimum atomic E-state index is -3.82. The first-order chi connectivity index (χ1) is 15.0. The van der Waals surface area contributed by atoms with Crippen LogP contribution in [0.2, 0.25) is 0 Å². The highest BCUT2D eigenvalue weighted by Crippen LogP contribution is 2.35. The zero-order valence-electron chi connectivity index (χ0n) is 17.2. The predicted octanol–water partition coefficient (Wildman–Crippen LogP) is 5.74. The molecule has 0 atom stereocenters. The minimum absolute atomic E-state index is 0.0105. The number of imidazole rings is 1. The number of benzene rings is 3. The molecule has 4 aromatic rings. The number of halogens is 1. The van der Waals surface area contributed by atoms with Crippen molar-refractivity contribution in [3.8, 4) is 22.5 Å². The summed E-state index contributed by atoms with van der Waals surface area (Å²) < 4.78 is 42.3. The fourth-order valence-electron chi connectivity index (χ4n) is 3.70. The Bertz CT molecular complexity index is 1280. The molecule has 0 aliphatic carbocycles. The van der Waals surface area contributed by atoms with Crippen molar-refractivity contribution >= 4 is 9.84 Å². The van der Waals surface area contributed by atoms with Gasteiger partial charge in [-0.3, -0.25) is 0 Å². The standard InChI is InChI=1S/C25H23FN2O2S/c1-2-16-28-24(21-13-7-4-8-14-21)23(20-11-5-3-6-12-20)27-25(28)31(29,30)18-19-10-9-15-22(26)17-19/h3-15,17H,2,16,18H2,1H3. The fourth-order valence-corrected chi connectivity index (χ4v) is 5.19. The smallest absolute Gasteiger partial charge is 0.229 e. The Balaban J connectivity index is 1.93. The van der Waals surface area contributed by atoms with Gasteiger partial charge in [-0.15, -0.1) is 0 Å². The Morgan fingerprint density at radius 2 is 1.52 bits per heavy atom. The molecular weight excluding hydrogens is 411 g/mol. The molecule has 1 heterocycles. The molecule has 31 heavy (non-hydrogen) atoms. The summed E-state index contributed by atoms with van der Waals surface area (Å²) in [5, 5.41) is 0.0105. The second kappa shape index (κ2) is 8.86. The molecule has 0 aliphatic heterocycles. The summed E-state index contributed by atoms with van der Waals surface area (Å²) in [5.41, 5.74) is 3.53. The maximum Gasteiger partial charge on any atom is 0.229 e. The van der Waals surface area contributed by atoms with E-state index < -0.39 is 15.7 Å². The van der Waals surface area contributed by atoms with Gasteiger partial charge in [0.2, 0.25) is 15.0 Å². The SMILES string of the molecule is CCCn1c(S(=O)(=O)Cc2cccc(F)c2)nc(-c2ccccc2)c1-c1ccccc1. The summed E-state index contributed by atoms with van der Waals surface area (Å²) in [6.45, 7) is 2.50. The first-order valence-corrected chi connectivity index (χ1v) is 11.8. The number of nitrogens with zero attached hydrogens (tertiary/aromatic N) is 2. The normalized spacial score (nSPS) is 11.5. The number of hydrogen-bond donors (Lipinski definition) is 0. The highest BCUT2D eigenvalue weighted by Gasteiger charge is 2.28. The summed E-state index contributed by atoms with van der Waals surface area (Å²) in [5.74, 6) is -0.770. The lowest BCUT2D eigenvalue weighted by Gasteiger charge is -2.12. The van der Waals surface area contributed by atoms with E-state index in [1.165, 1.54) is 18.2 Å². The van der Waals surface area contributed by atoms with Gasteiger partial charge in [0.25, 0.3) is 0 Å². The van der Waals surface area contributed by atoms with E-state index in [4.69, 9.17) is 0 Å². The largest absolute Gasteiger partial charge is 0.314 e. The van der Waals surface area contributed by atoms with Crippen LogP contribution in [-0.4, -0.2) is 18.0 Å². The second-order valence-corrected chi connectivity index (χ2v) is 9.25. The highest BCUT2D eigenvalue weighted by atomic mass is 32.2. The van der Waals surface area contributed by atoms with Gasteiger partial charge in [-0.25, -0.2) is 17.8 Å². The van der Waals surface area contributed by atoms with Gasteiger partial charge in [0, 0.05) is 17.7 Å². The molecule has 0 amide bonds. The number of hydrogen-bond acceptors (Lipinski definition) is 3. The summed E-state index contributed by atoms with van der Waals surface area (Å²) in [4.78, 5) is 4.65. The molecule has 1 aromatic heterocycles. The summed E-state index contributed by atoms with van der Waals surface area (Å²) >= 11 is 0. The van der Waals surface area contributed by atoms with E-state index >= 15 is 0 Å². The maximum absolute atomic E-state index is 13.6. The molecule has 0 N–H and O–H groups in total. The Kier molecular flexibility index (Phi) is 6.00. The molecule has 0 spiro atoms. The molecule has 0 saturated heterocycles. The van der Waals surface area contributed by atoms with Crippen molar-refractivity contribution in [2.24, 2.45) is 0 Å². The fraction of sp³-hybridized carbons (Fsp3) is 0.160. The molecule has 0 aliphatic rings. The molecular formula is C25H23FN2O2S. The highest BCUT2D eigenvalue weighted by molar-refractivity contribution is 7.90. The van der Waals surface area contributed by atoms with E-state index in [9.17, 15) is 12.8 Å². The van der Waals surface area contributed by atoms with Crippen molar-refractivity contribution in [2.75, 3.05) is 0 Å². The van der Waals surface area contributed by atoms with E-state index in [0.717, 1.165) is 23.2 Å². The minimum Gasteiger partial charge on any atom is -0.314 e. The third kappa shape index (κ3) is 4.44. The quantitative estimate of drug-likeness (QED) is 0.373. The lowest BCUT2D eigenvalue weighted by Crippen LogP contribution is -2.14. The van der Waals surface area contributed by atoms with Gasteiger partial charge in [0.05, 0.1) is 17.1 Å². The average Bonchev–Trinajstić information content (AvgIpc) is 3.15. The van der Waals surface area contributed by atoms with E-state index in [1.807, 2.05) is 67.6 Å². The maximum atomic E-state index is 13.6. The predicted molar refractivity (Wildman–Crippen MR) is 121 cm³/mol. The van der Waals surface area contributed by atoms with Crippen LogP contribution in [0.15, 0.2) is 90.1 Å². The van der Waals surface area contributed by atoms with E-state index in [2.05, 4.69) is 4.98 Å². The lowest BCUT2D eigenvalue weighted by atomic mass is 10.0. The van der Waals surface area contributed by atoms with Gasteiger partial charge < -0.3 is 4.57 Å². The van der Waals surface area contributed by atoms with Crippen LogP contribution in [-0.2, 0) is 22.1 Å². The van der Waals surface area contributed by atoms with Gasteiger partial charge in [-0.2, -0.15) is 0 Å². The molecule has 4 nitrogen and oxygen atoms in total. The molecule has 0 saturated carbocycles. The van der Waals surface area contributed by atoms with Crippen molar-refractivity contribution in [1.82, 2.24) is 9.55 Å². The zero-order valence-corrected chi connectivity index (χ0v) is 18.0. The summed E-state index contributed by atoms with van der Waals surface area (Å²) in [6, 6.07) is 24.9. The third-order valence-electron chi connectivity index (χ3n) is 5.00. The Labute approximate surface area is 181 Å². The third-order valence-corrected chi connectivity index (χ3v) is 6.58. The Morgan fingerprint density at radius 1 is 0.871 bits per heavy atom. The number of aromatic nitrogens is 2. The first-order valence-electron chi connectivity index (χ1n) is 10.2. The number of sulfone groups is 1. The van der Waals surface area contributed by atoms with Crippen molar-refractivity contribution < 1.29 is 12.8 Å². The molecule has 0 bridgehead atoms. The number of rotatable bonds is 7. The van der Waals surface area contributed by atoms with Gasteiger partial charge in [0.1, 0.15) is 5.82 Å². The molecule has 0 radical (unpaired) electrons. The van der Waals surface area contributed by atoms with Gasteiger partial charge in [0.15, 0.2) is 0 Å². The molecule has 6 heteroatoms. The van der Waals surface area contributed by atoms with Crippen molar-refractivity contribution in [3.05, 3.63) is 96.3 Å². The van der Waals surface area contributed by atoms with Gasteiger partial charge in [-0.05, 0) is 24.1 Å². The molecule has 4 rings (SSSR count). The van der Waals surface area contributed by atoms with Crippen LogP contribution in [0.3, 0.4) is 0 Å². The topological polar surface area (TPSA) is 52.0 Å². The van der Waals surface area contributed by atoms with Crippen LogP contribution < -0.4 is 0 Å². The Morgan fingerprint density at radius 3 is 2.13 bits per heavy atom. The van der Waals surface area contributed by atoms with Crippen LogP contribution in [0.4, 0.5) is 4.39 Å². The lowest BCUT2D eigenvalue weighted by molar-refractivity contribution is 0.558. The van der Waals surface area contributed by atoms with E-state index in [1.54, 1.807) is 10.6 Å². The zero-order chi connectivity index (χ0) is 21.8. The van der Waals surface area contributed by atoms with Crippen molar-refractivity contribution in [2.45, 2.75) is 30.8 Å². The molecule has 158 valence electrons. The van der Waals surface area contributed by atoms with Crippen LogP contribution >= 0.6 is 0 Å². The summed E-state index contributed by atoms with van der Waals surface area (Å²) in [6.07, 6.45) is 0.743. The molecule has 3 aromatic carbocycles. The Hall–Kier alpha value is -3.25. The molecule has 0 fully saturated rings. The molecule has 0 unspecified atom stereocenters. The van der Waals surface area contributed by atoms with Gasteiger partial charge >= 0.3 is 0 Å². The second-order valence-electron chi connectivity index (χ2n) is 7.36. The first kappa shape index (κ1) is 21.0. The van der Waals surface area contributed by atoms with Gasteiger partial charge in [-0.1, -0.05) is 79.7 Å². The van der Waals surface area contributed by atoms with E-state index in [0.29, 0.717) is 17.8 Å². The van der Waals surface area contributed by atoms with Crippen molar-refractivity contribution in [3.63, 3.8) is 0 Å². The van der Waals surface area contributed by atoms with Crippen molar-refractivity contribution in [1.29, 1.82) is 0 Å². The van der Waals surface area contributed by atoms with Crippen LogP contribution in [0.25, 0.3) is 22.5 Å². The summed E-state index contributed by atoms with van der Waals surface area (Å²) in [7, 11) is -3.82. The van der Waals surface area contributed by atoms with E-state index in [-0.39, 0.29) is 10.9 Å². The van der Waals surface area contributed by atoms with Crippen LogP contribution in [0, 0.1) is 5.82 Å². The van der Waals surface area contributed by atoms with Crippen LogP contribution in [0.5, 0.6) is 0 Å². The van der Waals surface area contributed by atoms with Crippen LogP contribution in [0.1, 0.15) is 18.9 Å².